The van der Waals surface area contributed by atoms with Crippen molar-refractivity contribution in [3.05, 3.63) is 122 Å². The fourth-order valence-corrected chi connectivity index (χ4v) is 14.0. The Bertz CT molecular complexity index is 2920. The Balaban J connectivity index is 1.34. The Morgan fingerprint density at radius 1 is 0.576 bits per heavy atom. The van der Waals surface area contributed by atoms with E-state index < -0.39 is 0 Å². The highest BCUT2D eigenvalue weighted by atomic mass is 32.1. The summed E-state index contributed by atoms with van der Waals surface area (Å²) in [5, 5.41) is 0. The zero-order chi connectivity index (χ0) is 47.6. The number of nitrogens with zero attached hydrogens (tertiary/aromatic N) is 2. The lowest BCUT2D eigenvalue weighted by atomic mass is 9.35. The van der Waals surface area contributed by atoms with Crippen LogP contribution in [-0.2, 0) is 32.5 Å². The number of rotatable bonds is 4. The van der Waals surface area contributed by atoms with E-state index in [2.05, 4.69) is 207 Å². The van der Waals surface area contributed by atoms with E-state index in [1.165, 1.54) is 143 Å². The Morgan fingerprint density at radius 2 is 1.00 bits per heavy atom. The van der Waals surface area contributed by atoms with Gasteiger partial charge in [0.1, 0.15) is 0 Å². The smallest absolute Gasteiger partial charge is 0.264 e. The molecule has 0 radical (unpaired) electrons. The number of thiophene rings is 1. The molecule has 2 aliphatic heterocycles. The van der Waals surface area contributed by atoms with Crippen LogP contribution in [0, 0.1) is 12.3 Å². The number of allylic oxidation sites excluding steroid dienone is 1. The first-order chi connectivity index (χ1) is 30.6. The molecular formula is C62H77BN2S. The first kappa shape index (κ1) is 45.5. The third-order valence-corrected chi connectivity index (χ3v) is 19.2. The normalized spacial score (nSPS) is 21.2. The number of anilines is 6. The quantitative estimate of drug-likeness (QED) is 0.162. The first-order valence-corrected chi connectivity index (χ1v) is 26.1. The van der Waals surface area contributed by atoms with Crippen molar-refractivity contribution in [2.24, 2.45) is 5.41 Å². The predicted octanol–water partition coefficient (Wildman–Crippen LogP) is 16.3. The lowest BCUT2D eigenvalue weighted by Crippen LogP contribution is -2.61. The summed E-state index contributed by atoms with van der Waals surface area (Å²) in [6.45, 7) is 46.0. The Hall–Kier alpha value is -4.28. The molecule has 2 nitrogen and oxygen atoms in total. The fraction of sp³-hybridized carbons (Fsp3) is 0.484. The summed E-state index contributed by atoms with van der Waals surface area (Å²) in [5.41, 5.74) is 24.2. The second-order valence-electron chi connectivity index (χ2n) is 26.4. The maximum atomic E-state index is 4.54. The lowest BCUT2D eigenvalue weighted by Gasteiger charge is -2.48. The molecule has 0 unspecified atom stereocenters. The summed E-state index contributed by atoms with van der Waals surface area (Å²) in [4.78, 5) is 6.66. The summed E-state index contributed by atoms with van der Waals surface area (Å²) >= 11 is 1.98. The molecule has 0 bridgehead atoms. The Kier molecular flexibility index (Phi) is 9.92. The molecule has 10 rings (SSSR count). The summed E-state index contributed by atoms with van der Waals surface area (Å²) in [5.74, 6) is 0. The van der Waals surface area contributed by atoms with Gasteiger partial charge in [0.05, 0.1) is 5.69 Å². The van der Waals surface area contributed by atoms with Gasteiger partial charge in [-0.05, 0) is 183 Å². The Labute approximate surface area is 404 Å². The minimum Gasteiger partial charge on any atom is -0.311 e. The molecule has 0 spiro atoms. The zero-order valence-corrected chi connectivity index (χ0v) is 44.6. The molecule has 4 aromatic carbocycles. The van der Waals surface area contributed by atoms with Crippen LogP contribution in [0.1, 0.15) is 199 Å². The third-order valence-electron chi connectivity index (χ3n) is 18.0. The van der Waals surface area contributed by atoms with Gasteiger partial charge in [0, 0.05) is 43.7 Å². The van der Waals surface area contributed by atoms with E-state index in [0.717, 1.165) is 0 Å². The largest absolute Gasteiger partial charge is 0.311 e. The minimum atomic E-state index is 0.0178. The summed E-state index contributed by atoms with van der Waals surface area (Å²) < 4.78 is 1.43. The molecule has 1 aromatic heterocycles. The van der Waals surface area contributed by atoms with Gasteiger partial charge in [-0.25, -0.2) is 0 Å². The molecule has 0 saturated carbocycles. The SMILES string of the molecule is C=Cc1sc2c(c1/C=C(\C)C(C)(C)C)N(c1ccc3c(c1)C(C)(C)CCC3(C)C)c1cc(C)cc3c1B2c1cc2c(cc1N3c1ccc3c(c1)C(C)(C)CCC3(C)C)C(C)(C)CCC2(C)C. The van der Waals surface area contributed by atoms with Gasteiger partial charge < -0.3 is 9.80 Å². The van der Waals surface area contributed by atoms with Gasteiger partial charge in [-0.3, -0.25) is 0 Å². The molecule has 344 valence electrons. The number of hydrogen-bond donors (Lipinski definition) is 0. The average Bonchev–Trinajstić information content (AvgIpc) is 3.59. The van der Waals surface area contributed by atoms with Gasteiger partial charge in [-0.1, -0.05) is 146 Å². The number of benzene rings is 4. The van der Waals surface area contributed by atoms with Crippen molar-refractivity contribution < 1.29 is 0 Å². The minimum absolute atomic E-state index is 0.0178. The average molecular weight is 893 g/mol. The van der Waals surface area contributed by atoms with Crippen LogP contribution in [0.4, 0.5) is 34.1 Å². The molecule has 0 N–H and O–H groups in total. The van der Waals surface area contributed by atoms with Crippen LogP contribution in [0.5, 0.6) is 0 Å². The van der Waals surface area contributed by atoms with Crippen LogP contribution in [0.3, 0.4) is 0 Å². The summed E-state index contributed by atoms with van der Waals surface area (Å²) in [7, 11) is 0. The van der Waals surface area contributed by atoms with E-state index >= 15 is 0 Å². The zero-order valence-electron chi connectivity index (χ0n) is 43.8. The highest BCUT2D eigenvalue weighted by molar-refractivity contribution is 7.30. The predicted molar refractivity (Wildman–Crippen MR) is 292 cm³/mol. The molecule has 0 atom stereocenters. The molecule has 3 aliphatic carbocycles. The van der Waals surface area contributed by atoms with E-state index in [-0.39, 0.29) is 44.6 Å². The van der Waals surface area contributed by atoms with Gasteiger partial charge in [-0.15, -0.1) is 11.3 Å². The second-order valence-corrected chi connectivity index (χ2v) is 27.5. The number of fused-ring (bicyclic) bond motifs is 7. The monoisotopic (exact) mass is 893 g/mol. The van der Waals surface area contributed by atoms with E-state index in [0.29, 0.717) is 0 Å². The molecule has 5 aromatic rings. The van der Waals surface area contributed by atoms with Crippen molar-refractivity contribution >= 4 is 80.0 Å². The van der Waals surface area contributed by atoms with Crippen molar-refractivity contribution in [2.45, 2.75) is 189 Å². The number of hydrogen-bond acceptors (Lipinski definition) is 3. The highest BCUT2D eigenvalue weighted by Crippen LogP contribution is 2.55. The van der Waals surface area contributed by atoms with Crippen LogP contribution >= 0.6 is 11.3 Å². The molecule has 0 fully saturated rings. The van der Waals surface area contributed by atoms with Gasteiger partial charge in [0.25, 0.3) is 6.71 Å². The maximum absolute atomic E-state index is 4.54. The van der Waals surface area contributed by atoms with E-state index in [1.54, 1.807) is 0 Å². The van der Waals surface area contributed by atoms with E-state index in [9.17, 15) is 0 Å². The summed E-state index contributed by atoms with van der Waals surface area (Å²) in [6, 6.07) is 25.5. The lowest BCUT2D eigenvalue weighted by molar-refractivity contribution is 0.332. The second kappa shape index (κ2) is 14.4. The van der Waals surface area contributed by atoms with Crippen LogP contribution in [-0.4, -0.2) is 6.71 Å². The van der Waals surface area contributed by atoms with Crippen LogP contribution in [0.2, 0.25) is 0 Å². The molecule has 0 amide bonds. The standard InChI is InChI=1S/C62H77BN2S/c1-19-52-41(32-38(3)56(4,5)6)54-55(66-52)63-48-35-46-47(62(17,18)29-28-61(46,15)16)36-49(48)64(39-20-22-42-44(33-39)59(11,12)26-24-57(42,7)8)50-30-37(2)31-51(53(50)63)65(54)40-21-23-43-45(34-40)60(13,14)27-25-58(43,9)10/h19-23,30-36H,1,24-29H2,2-18H3/b38-32+. The molecule has 4 heteroatoms. The summed E-state index contributed by atoms with van der Waals surface area (Å²) in [6.07, 6.45) is 11.8. The van der Waals surface area contributed by atoms with Gasteiger partial charge in [0.15, 0.2) is 0 Å². The van der Waals surface area contributed by atoms with Crippen molar-refractivity contribution in [1.29, 1.82) is 0 Å². The van der Waals surface area contributed by atoms with Crippen molar-refractivity contribution in [1.82, 2.24) is 0 Å². The topological polar surface area (TPSA) is 6.48 Å². The molecule has 0 saturated heterocycles. The van der Waals surface area contributed by atoms with E-state index in [1.807, 2.05) is 11.3 Å². The number of aryl methyl sites for hydroxylation is 1. The molecule has 3 heterocycles. The third kappa shape index (κ3) is 6.75. The van der Waals surface area contributed by atoms with Crippen LogP contribution < -0.4 is 25.5 Å². The van der Waals surface area contributed by atoms with Crippen molar-refractivity contribution in [2.75, 3.05) is 9.80 Å². The van der Waals surface area contributed by atoms with Crippen molar-refractivity contribution in [3.63, 3.8) is 0 Å². The first-order valence-electron chi connectivity index (χ1n) is 25.3. The molecule has 66 heavy (non-hydrogen) atoms. The van der Waals surface area contributed by atoms with Crippen molar-refractivity contribution in [3.8, 4) is 0 Å². The highest BCUT2D eigenvalue weighted by Gasteiger charge is 2.49. The van der Waals surface area contributed by atoms with Gasteiger partial charge >= 0.3 is 0 Å². The fourth-order valence-electron chi connectivity index (χ4n) is 12.7. The maximum Gasteiger partial charge on any atom is 0.264 e. The molecule has 5 aliphatic rings. The van der Waals surface area contributed by atoms with Gasteiger partial charge in [0.2, 0.25) is 0 Å². The van der Waals surface area contributed by atoms with Crippen LogP contribution in [0.25, 0.3) is 12.2 Å². The Morgan fingerprint density at radius 3 is 1.47 bits per heavy atom. The van der Waals surface area contributed by atoms with E-state index in [4.69, 9.17) is 0 Å². The van der Waals surface area contributed by atoms with Crippen LogP contribution in [0.15, 0.2) is 72.8 Å². The molecular weight excluding hydrogens is 816 g/mol. The van der Waals surface area contributed by atoms with Gasteiger partial charge in [-0.2, -0.15) is 0 Å².